The summed E-state index contributed by atoms with van der Waals surface area (Å²) in [4.78, 5) is 49.8. The molecule has 1 fully saturated rings. The zero-order valence-corrected chi connectivity index (χ0v) is 18.9. The lowest BCUT2D eigenvalue weighted by Gasteiger charge is -2.55. The standard InChI is InChI=1S/C28H22F2O6/c29-27(13-15-5-1-3-7-17(15)25(33)34)21-11-9-20(24(27)32)19-10-12-22(31)28(30,23(19)21)14-16-6-2-4-8-18(16)26(35)36/h1-12,19-21,23H,13-14H2,(H,33,34)(H,35,36)/t19-,20+,21-,23-,27-,28+/m0/s1. The molecule has 4 aliphatic rings. The molecular formula is C28H22F2O6. The number of ketones is 2. The third kappa shape index (κ3) is 3.43. The van der Waals surface area contributed by atoms with Gasteiger partial charge in [0.1, 0.15) is 0 Å². The van der Waals surface area contributed by atoms with Crippen LogP contribution in [-0.4, -0.2) is 45.1 Å². The smallest absolute Gasteiger partial charge is 0.335 e. The number of alkyl halides is 2. The van der Waals surface area contributed by atoms with Crippen LogP contribution in [0.3, 0.4) is 0 Å². The molecule has 8 heteroatoms. The molecule has 0 heterocycles. The normalized spacial score (nSPS) is 32.4. The van der Waals surface area contributed by atoms with E-state index in [0.717, 1.165) is 6.08 Å². The molecule has 0 saturated heterocycles. The fraction of sp³-hybridized carbons (Fsp3) is 0.286. The molecule has 6 rings (SSSR count). The van der Waals surface area contributed by atoms with E-state index in [2.05, 4.69) is 0 Å². The first-order chi connectivity index (χ1) is 17.1. The Balaban J connectivity index is 1.60. The van der Waals surface area contributed by atoms with Gasteiger partial charge in [0, 0.05) is 30.6 Å². The summed E-state index contributed by atoms with van der Waals surface area (Å²) in [5.74, 6) is -8.69. The van der Waals surface area contributed by atoms with Crippen molar-refractivity contribution in [3.8, 4) is 0 Å². The molecular weight excluding hydrogens is 470 g/mol. The Morgan fingerprint density at radius 3 is 1.86 bits per heavy atom. The average molecular weight is 492 g/mol. The first-order valence-corrected chi connectivity index (χ1v) is 11.5. The summed E-state index contributed by atoms with van der Waals surface area (Å²) >= 11 is 0. The van der Waals surface area contributed by atoms with E-state index in [4.69, 9.17) is 0 Å². The van der Waals surface area contributed by atoms with Gasteiger partial charge in [0.05, 0.1) is 11.1 Å². The number of carbonyl (C=O) groups is 4. The fourth-order valence-electron chi connectivity index (χ4n) is 6.15. The van der Waals surface area contributed by atoms with E-state index in [1.54, 1.807) is 0 Å². The van der Waals surface area contributed by atoms with Crippen molar-refractivity contribution in [1.82, 2.24) is 0 Å². The average Bonchev–Trinajstić information content (AvgIpc) is 2.85. The van der Waals surface area contributed by atoms with Crippen LogP contribution in [0.1, 0.15) is 31.8 Å². The van der Waals surface area contributed by atoms with Crippen LogP contribution in [-0.2, 0) is 22.4 Å². The van der Waals surface area contributed by atoms with Crippen LogP contribution >= 0.6 is 0 Å². The molecule has 0 radical (unpaired) electrons. The first-order valence-electron chi connectivity index (χ1n) is 11.5. The molecule has 6 atom stereocenters. The highest BCUT2D eigenvalue weighted by molar-refractivity contribution is 6.02. The molecule has 2 bridgehead atoms. The van der Waals surface area contributed by atoms with Crippen molar-refractivity contribution in [2.24, 2.45) is 23.7 Å². The number of carbonyl (C=O) groups excluding carboxylic acids is 2. The summed E-state index contributed by atoms with van der Waals surface area (Å²) in [6, 6.07) is 11.5. The van der Waals surface area contributed by atoms with E-state index in [-0.39, 0.29) is 22.3 Å². The van der Waals surface area contributed by atoms with Gasteiger partial charge in [-0.15, -0.1) is 0 Å². The minimum atomic E-state index is -2.66. The van der Waals surface area contributed by atoms with Crippen LogP contribution in [0.5, 0.6) is 0 Å². The lowest BCUT2D eigenvalue weighted by Crippen LogP contribution is -2.66. The number of halogens is 2. The van der Waals surface area contributed by atoms with E-state index in [1.165, 1.54) is 66.8 Å². The van der Waals surface area contributed by atoms with Crippen molar-refractivity contribution in [2.75, 3.05) is 0 Å². The van der Waals surface area contributed by atoms with Crippen LogP contribution in [0.25, 0.3) is 0 Å². The Kier molecular flexibility index (Phi) is 5.50. The van der Waals surface area contributed by atoms with Crippen molar-refractivity contribution in [1.29, 1.82) is 0 Å². The number of carboxylic acid groups (broad SMARTS) is 2. The van der Waals surface area contributed by atoms with E-state index in [9.17, 15) is 29.4 Å². The van der Waals surface area contributed by atoms with Gasteiger partial charge in [-0.05, 0) is 35.3 Å². The van der Waals surface area contributed by atoms with Gasteiger partial charge in [-0.2, -0.15) is 0 Å². The van der Waals surface area contributed by atoms with Crippen molar-refractivity contribution in [3.05, 3.63) is 95.1 Å². The first kappa shape index (κ1) is 23.8. The predicted octanol–water partition coefficient (Wildman–Crippen LogP) is 4.04. The van der Waals surface area contributed by atoms with Gasteiger partial charge in [-0.3, -0.25) is 9.59 Å². The van der Waals surface area contributed by atoms with E-state index in [0.29, 0.717) is 0 Å². The number of hydrogen-bond donors (Lipinski definition) is 2. The zero-order valence-electron chi connectivity index (χ0n) is 18.9. The van der Waals surface area contributed by atoms with Crippen LogP contribution < -0.4 is 0 Å². The van der Waals surface area contributed by atoms with E-state index in [1.807, 2.05) is 0 Å². The van der Waals surface area contributed by atoms with E-state index >= 15 is 8.78 Å². The van der Waals surface area contributed by atoms with Crippen LogP contribution in [0.4, 0.5) is 8.78 Å². The SMILES string of the molecule is O=C(O)c1ccccc1C[C@@]1(F)C(=O)C=C[C@@H]2[C@H]1[C@@H]1C=C[C@H]2C(=O)[C@]1(F)Cc1ccccc1C(=O)O. The van der Waals surface area contributed by atoms with Crippen LogP contribution in [0, 0.1) is 23.7 Å². The summed E-state index contributed by atoms with van der Waals surface area (Å²) in [6.45, 7) is 0. The molecule has 184 valence electrons. The largest absolute Gasteiger partial charge is 0.478 e. The van der Waals surface area contributed by atoms with Gasteiger partial charge in [0.2, 0.25) is 0 Å². The quantitative estimate of drug-likeness (QED) is 0.590. The Hall–Kier alpha value is -3.94. The van der Waals surface area contributed by atoms with Gasteiger partial charge >= 0.3 is 11.9 Å². The third-order valence-electron chi connectivity index (χ3n) is 7.78. The number of fused-ring (bicyclic) bond motifs is 1. The number of carboxylic acids is 2. The number of benzene rings is 2. The molecule has 0 spiro atoms. The van der Waals surface area contributed by atoms with Crippen molar-refractivity contribution in [2.45, 2.75) is 24.2 Å². The maximum atomic E-state index is 16.9. The number of allylic oxidation sites excluding steroid dienone is 4. The van der Waals surface area contributed by atoms with Crippen molar-refractivity contribution >= 4 is 23.5 Å². The summed E-state index contributed by atoms with van der Waals surface area (Å²) < 4.78 is 33.7. The minimum Gasteiger partial charge on any atom is -0.478 e. The molecule has 0 aliphatic heterocycles. The molecule has 36 heavy (non-hydrogen) atoms. The summed E-state index contributed by atoms with van der Waals surface area (Å²) in [6.07, 6.45) is 4.28. The van der Waals surface area contributed by atoms with Crippen molar-refractivity contribution < 1.29 is 38.2 Å². The fourth-order valence-corrected chi connectivity index (χ4v) is 6.15. The molecule has 2 aromatic carbocycles. The lowest BCUT2D eigenvalue weighted by atomic mass is 9.49. The van der Waals surface area contributed by atoms with Gasteiger partial charge in [0.15, 0.2) is 22.9 Å². The second kappa shape index (κ2) is 8.33. The molecule has 1 saturated carbocycles. The summed E-state index contributed by atoms with van der Waals surface area (Å²) in [5, 5.41) is 19.1. The van der Waals surface area contributed by atoms with Crippen LogP contribution in [0.2, 0.25) is 0 Å². The number of rotatable bonds is 6. The second-order valence-corrected chi connectivity index (χ2v) is 9.63. The molecule has 6 nitrogen and oxygen atoms in total. The molecule has 0 amide bonds. The Labute approximate surface area is 204 Å². The second-order valence-electron chi connectivity index (χ2n) is 9.63. The molecule has 2 aromatic rings. The third-order valence-corrected chi connectivity index (χ3v) is 7.78. The topological polar surface area (TPSA) is 109 Å². The molecule has 0 aromatic heterocycles. The van der Waals surface area contributed by atoms with Gasteiger partial charge in [-0.1, -0.05) is 54.6 Å². The highest BCUT2D eigenvalue weighted by Crippen LogP contribution is 2.58. The van der Waals surface area contributed by atoms with Gasteiger partial charge < -0.3 is 10.2 Å². The van der Waals surface area contributed by atoms with Crippen LogP contribution in [0.15, 0.2) is 72.8 Å². The monoisotopic (exact) mass is 492 g/mol. The minimum absolute atomic E-state index is 0.0901. The number of aromatic carboxylic acids is 2. The van der Waals surface area contributed by atoms with Gasteiger partial charge in [-0.25, -0.2) is 18.4 Å². The van der Waals surface area contributed by atoms with Crippen molar-refractivity contribution in [3.63, 3.8) is 0 Å². The van der Waals surface area contributed by atoms with E-state index < -0.39 is 71.4 Å². The Morgan fingerprint density at radius 1 is 0.778 bits per heavy atom. The Bertz CT molecular complexity index is 1360. The molecule has 4 aliphatic carbocycles. The highest BCUT2D eigenvalue weighted by Gasteiger charge is 2.67. The highest BCUT2D eigenvalue weighted by atomic mass is 19.1. The number of Topliss-reactive ketones (excluding diaryl/α,β-unsaturated/α-hetero) is 1. The number of hydrogen-bond acceptors (Lipinski definition) is 4. The predicted molar refractivity (Wildman–Crippen MR) is 124 cm³/mol. The maximum Gasteiger partial charge on any atom is 0.335 e. The zero-order chi connectivity index (χ0) is 25.8. The maximum absolute atomic E-state index is 16.9. The lowest BCUT2D eigenvalue weighted by molar-refractivity contribution is -0.160. The Morgan fingerprint density at radius 2 is 1.31 bits per heavy atom. The molecule has 2 N–H and O–H groups in total. The summed E-state index contributed by atoms with van der Waals surface area (Å²) in [7, 11) is 0. The van der Waals surface area contributed by atoms with Gasteiger partial charge in [0.25, 0.3) is 0 Å². The summed E-state index contributed by atoms with van der Waals surface area (Å²) in [5.41, 5.74) is -5.44. The molecule has 0 unspecified atom stereocenters.